The molecule has 0 spiro atoms. The second kappa shape index (κ2) is 8.59. The van der Waals surface area contributed by atoms with Crippen molar-refractivity contribution in [2.45, 2.75) is 48.0 Å². The molecule has 2 aromatic carbocycles. The number of nitrogens with zero attached hydrogens (tertiary/aromatic N) is 3. The maximum absolute atomic E-state index is 14.2. The minimum absolute atomic E-state index is 0.0963. The van der Waals surface area contributed by atoms with E-state index >= 15 is 0 Å². The van der Waals surface area contributed by atoms with E-state index in [1.165, 1.54) is 16.1 Å². The van der Waals surface area contributed by atoms with E-state index in [2.05, 4.69) is 9.55 Å². The smallest absolute Gasteiger partial charge is 0.243 e. The number of sulfonamides is 1. The average Bonchev–Trinajstić information content (AvgIpc) is 3.28. The first-order valence-corrected chi connectivity index (χ1v) is 13.4. The van der Waals surface area contributed by atoms with Crippen LogP contribution in [0.4, 0.5) is 8.78 Å². The molecule has 0 radical (unpaired) electrons. The average molecular weight is 498 g/mol. The Balaban J connectivity index is 1.50. The minimum Gasteiger partial charge on any atom is -0.319 e. The Bertz CT molecular complexity index is 1290. The van der Waals surface area contributed by atoms with Crippen LogP contribution < -0.4 is 0 Å². The Hall–Kier alpha value is -1.68. The zero-order valence-electron chi connectivity index (χ0n) is 17.2. The summed E-state index contributed by atoms with van der Waals surface area (Å²) in [5, 5.41) is 0.420. The van der Waals surface area contributed by atoms with Gasteiger partial charge in [-0.25, -0.2) is 22.2 Å². The highest BCUT2D eigenvalue weighted by atomic mass is 35.5. The van der Waals surface area contributed by atoms with Gasteiger partial charge >= 0.3 is 0 Å². The van der Waals surface area contributed by atoms with E-state index in [0.29, 0.717) is 29.7 Å². The molecule has 0 amide bonds. The molecule has 32 heavy (non-hydrogen) atoms. The number of hydrogen-bond donors (Lipinski definition) is 0. The topological polar surface area (TPSA) is 55.2 Å². The molecule has 0 bridgehead atoms. The molecule has 2 fully saturated rings. The number of imidazole rings is 1. The van der Waals surface area contributed by atoms with E-state index in [1.807, 2.05) is 0 Å². The van der Waals surface area contributed by atoms with Gasteiger partial charge in [0, 0.05) is 31.0 Å². The van der Waals surface area contributed by atoms with Gasteiger partial charge in [0.25, 0.3) is 0 Å². The summed E-state index contributed by atoms with van der Waals surface area (Å²) in [5.74, 6) is -0.552. The van der Waals surface area contributed by atoms with Crippen molar-refractivity contribution < 1.29 is 17.2 Å². The Kier molecular flexibility index (Phi) is 5.94. The van der Waals surface area contributed by atoms with Crippen LogP contribution in [0.2, 0.25) is 5.02 Å². The van der Waals surface area contributed by atoms with E-state index in [0.717, 1.165) is 49.9 Å². The molecular weight excluding hydrogens is 476 g/mol. The van der Waals surface area contributed by atoms with Gasteiger partial charge in [-0.15, -0.1) is 0 Å². The number of thioether (sulfide) groups is 1. The van der Waals surface area contributed by atoms with E-state index in [4.69, 9.17) is 11.6 Å². The lowest BCUT2D eigenvalue weighted by Gasteiger charge is -2.15. The molecule has 10 heteroatoms. The lowest BCUT2D eigenvalue weighted by atomic mass is 10.2. The van der Waals surface area contributed by atoms with Crippen LogP contribution in [0.15, 0.2) is 40.4 Å². The van der Waals surface area contributed by atoms with Gasteiger partial charge in [0.2, 0.25) is 10.0 Å². The highest BCUT2D eigenvalue weighted by molar-refractivity contribution is 7.98. The molecule has 0 N–H and O–H groups in total. The summed E-state index contributed by atoms with van der Waals surface area (Å²) < 4.78 is 57.5. The van der Waals surface area contributed by atoms with Crippen LogP contribution in [-0.2, 0) is 22.3 Å². The van der Waals surface area contributed by atoms with Crippen LogP contribution in [0.5, 0.6) is 0 Å². The van der Waals surface area contributed by atoms with Crippen LogP contribution in [0, 0.1) is 17.6 Å². The monoisotopic (exact) mass is 497 g/mol. The third kappa shape index (κ3) is 4.16. The van der Waals surface area contributed by atoms with Gasteiger partial charge in [-0.2, -0.15) is 4.31 Å². The quantitative estimate of drug-likeness (QED) is 0.321. The van der Waals surface area contributed by atoms with Crippen molar-refractivity contribution >= 4 is 44.4 Å². The van der Waals surface area contributed by atoms with Crippen molar-refractivity contribution in [3.8, 4) is 0 Å². The fourth-order valence-electron chi connectivity index (χ4n) is 4.01. The predicted molar refractivity (Wildman–Crippen MR) is 121 cm³/mol. The third-order valence-corrected chi connectivity index (χ3v) is 9.32. The maximum atomic E-state index is 14.2. The zero-order chi connectivity index (χ0) is 22.5. The molecule has 1 aliphatic carbocycles. The fourth-order valence-corrected chi connectivity index (χ4v) is 6.89. The molecule has 5 rings (SSSR count). The van der Waals surface area contributed by atoms with Gasteiger partial charge in [0.15, 0.2) is 5.16 Å². The second-order valence-electron chi connectivity index (χ2n) is 8.32. The van der Waals surface area contributed by atoms with Crippen molar-refractivity contribution in [2.24, 2.45) is 5.92 Å². The number of aromatic nitrogens is 2. The SMILES string of the molecule is O=S(=O)(c1ccc2c(c1)nc(SCc1c(F)ccc(F)c1Cl)n2CC1CC1)N1CCCC1. The van der Waals surface area contributed by atoms with E-state index in [1.54, 1.807) is 18.2 Å². The van der Waals surface area contributed by atoms with Gasteiger partial charge in [0.1, 0.15) is 11.6 Å². The molecule has 1 saturated heterocycles. The number of hydrogen-bond acceptors (Lipinski definition) is 4. The number of fused-ring (bicyclic) bond motifs is 1. The Morgan fingerprint density at radius 2 is 1.81 bits per heavy atom. The Morgan fingerprint density at radius 1 is 1.09 bits per heavy atom. The largest absolute Gasteiger partial charge is 0.319 e. The molecule has 2 aliphatic rings. The van der Waals surface area contributed by atoms with Crippen LogP contribution in [0.25, 0.3) is 11.0 Å². The summed E-state index contributed by atoms with van der Waals surface area (Å²) in [4.78, 5) is 4.91. The molecule has 1 saturated carbocycles. The third-order valence-electron chi connectivity index (χ3n) is 6.01. The zero-order valence-corrected chi connectivity index (χ0v) is 19.6. The van der Waals surface area contributed by atoms with Crippen molar-refractivity contribution in [3.05, 3.63) is 52.6 Å². The van der Waals surface area contributed by atoms with Crippen molar-refractivity contribution in [1.82, 2.24) is 13.9 Å². The molecule has 2 heterocycles. The molecule has 3 aromatic rings. The minimum atomic E-state index is -3.55. The van der Waals surface area contributed by atoms with Gasteiger partial charge in [0.05, 0.1) is 21.0 Å². The second-order valence-corrected chi connectivity index (χ2v) is 11.6. The highest BCUT2D eigenvalue weighted by Crippen LogP contribution is 2.37. The number of rotatable bonds is 7. The first-order chi connectivity index (χ1) is 15.3. The normalized spacial score (nSPS) is 17.5. The first kappa shape index (κ1) is 22.1. The molecule has 1 aromatic heterocycles. The highest BCUT2D eigenvalue weighted by Gasteiger charge is 2.29. The van der Waals surface area contributed by atoms with Crippen LogP contribution in [0.3, 0.4) is 0 Å². The summed E-state index contributed by atoms with van der Waals surface area (Å²) >= 11 is 7.26. The molecule has 170 valence electrons. The van der Waals surface area contributed by atoms with Gasteiger partial charge in [-0.3, -0.25) is 0 Å². The molecule has 0 atom stereocenters. The summed E-state index contributed by atoms with van der Waals surface area (Å²) in [6.07, 6.45) is 4.01. The van der Waals surface area contributed by atoms with E-state index < -0.39 is 21.7 Å². The maximum Gasteiger partial charge on any atom is 0.243 e. The van der Waals surface area contributed by atoms with E-state index in [9.17, 15) is 17.2 Å². The summed E-state index contributed by atoms with van der Waals surface area (Å²) in [6.45, 7) is 1.84. The lowest BCUT2D eigenvalue weighted by molar-refractivity contribution is 0.477. The predicted octanol–water partition coefficient (Wildman–Crippen LogP) is 5.45. The number of benzene rings is 2. The van der Waals surface area contributed by atoms with Crippen molar-refractivity contribution in [1.29, 1.82) is 0 Å². The molecular formula is C22H22ClF2N3O2S2. The van der Waals surface area contributed by atoms with Crippen LogP contribution in [-0.4, -0.2) is 35.4 Å². The Morgan fingerprint density at radius 3 is 2.53 bits per heavy atom. The van der Waals surface area contributed by atoms with Crippen molar-refractivity contribution in [2.75, 3.05) is 13.1 Å². The lowest BCUT2D eigenvalue weighted by Crippen LogP contribution is -2.27. The molecule has 0 unspecified atom stereocenters. The first-order valence-electron chi connectivity index (χ1n) is 10.6. The molecule has 1 aliphatic heterocycles. The summed E-state index contributed by atoms with van der Waals surface area (Å²) in [5.41, 5.74) is 1.52. The van der Waals surface area contributed by atoms with Crippen molar-refractivity contribution in [3.63, 3.8) is 0 Å². The van der Waals surface area contributed by atoms with Gasteiger partial charge in [-0.1, -0.05) is 23.4 Å². The van der Waals surface area contributed by atoms with Crippen LogP contribution >= 0.6 is 23.4 Å². The fraction of sp³-hybridized carbons (Fsp3) is 0.409. The van der Waals surface area contributed by atoms with Gasteiger partial charge in [-0.05, 0) is 61.9 Å². The summed E-state index contributed by atoms with van der Waals surface area (Å²) in [6, 6.07) is 7.13. The summed E-state index contributed by atoms with van der Waals surface area (Å²) in [7, 11) is -3.55. The Labute approximate surface area is 194 Å². The van der Waals surface area contributed by atoms with Crippen LogP contribution in [0.1, 0.15) is 31.2 Å². The van der Waals surface area contributed by atoms with Gasteiger partial charge < -0.3 is 4.57 Å². The van der Waals surface area contributed by atoms with E-state index in [-0.39, 0.29) is 21.2 Å². The number of halogens is 3. The molecule has 5 nitrogen and oxygen atoms in total. The standard InChI is InChI=1S/C22H22ClF2N3O2S2/c23-21-16(17(24)6-7-18(21)25)13-31-22-26-19-11-15(32(29,30)27-9-1-2-10-27)5-8-20(19)28(22)12-14-3-4-14/h5-8,11,14H,1-4,9-10,12-13H2.